The summed E-state index contributed by atoms with van der Waals surface area (Å²) in [6.45, 7) is 1.16. The number of hydrogen-bond acceptors (Lipinski definition) is 3. The molecule has 1 unspecified atom stereocenters. The van der Waals surface area contributed by atoms with Crippen molar-refractivity contribution in [2.75, 3.05) is 4.31 Å². The molecule has 0 bridgehead atoms. The number of rotatable bonds is 5. The predicted molar refractivity (Wildman–Crippen MR) is 94.6 cm³/mol. The maximum atomic E-state index is 13.4. The van der Waals surface area contributed by atoms with Crippen molar-refractivity contribution in [3.63, 3.8) is 0 Å². The van der Waals surface area contributed by atoms with Crippen molar-refractivity contribution in [2.24, 2.45) is 0 Å². The van der Waals surface area contributed by atoms with Crippen molar-refractivity contribution in [1.82, 2.24) is 0 Å². The third-order valence-electron chi connectivity index (χ3n) is 3.30. The van der Waals surface area contributed by atoms with Crippen molar-refractivity contribution >= 4 is 56.5 Å². The van der Waals surface area contributed by atoms with Gasteiger partial charge in [-0.25, -0.2) is 17.6 Å². The highest BCUT2D eigenvalue weighted by Gasteiger charge is 2.35. The van der Waals surface area contributed by atoms with E-state index >= 15 is 0 Å². The zero-order valence-corrected chi connectivity index (χ0v) is 15.7. The van der Waals surface area contributed by atoms with Gasteiger partial charge >= 0.3 is 5.97 Å². The average Bonchev–Trinajstić information content (AvgIpc) is 2.52. The zero-order chi connectivity index (χ0) is 18.9. The van der Waals surface area contributed by atoms with Crippen LogP contribution >= 0.6 is 34.8 Å². The van der Waals surface area contributed by atoms with Gasteiger partial charge < -0.3 is 5.11 Å². The van der Waals surface area contributed by atoms with Gasteiger partial charge in [0.15, 0.2) is 0 Å². The molecule has 1 N–H and O–H groups in total. The second kappa shape index (κ2) is 7.37. The Morgan fingerprint density at radius 2 is 1.76 bits per heavy atom. The van der Waals surface area contributed by atoms with Gasteiger partial charge in [0.2, 0.25) is 0 Å². The molecule has 0 spiro atoms. The summed E-state index contributed by atoms with van der Waals surface area (Å²) in [4.78, 5) is 11.0. The van der Waals surface area contributed by atoms with Crippen molar-refractivity contribution in [3.05, 3.63) is 57.3 Å². The second-order valence-electron chi connectivity index (χ2n) is 4.99. The molecular formula is C15H11Cl3FNO4S. The van der Waals surface area contributed by atoms with Crippen LogP contribution in [0, 0.1) is 5.82 Å². The number of nitrogens with zero attached hydrogens (tertiary/aromatic N) is 1. The fourth-order valence-corrected chi connectivity index (χ4v) is 4.60. The molecule has 5 nitrogen and oxygen atoms in total. The Hall–Kier alpha value is -1.54. The van der Waals surface area contributed by atoms with E-state index in [4.69, 9.17) is 34.8 Å². The van der Waals surface area contributed by atoms with Gasteiger partial charge in [0.1, 0.15) is 16.8 Å². The maximum Gasteiger partial charge on any atom is 0.327 e. The number of sulfonamides is 1. The minimum Gasteiger partial charge on any atom is -0.480 e. The summed E-state index contributed by atoms with van der Waals surface area (Å²) in [5.41, 5.74) is -0.127. The average molecular weight is 427 g/mol. The first kappa shape index (κ1) is 19.8. The number of benzene rings is 2. The minimum atomic E-state index is -4.43. The Kier molecular flexibility index (Phi) is 5.83. The van der Waals surface area contributed by atoms with Gasteiger partial charge in [-0.2, -0.15) is 0 Å². The highest BCUT2D eigenvalue weighted by molar-refractivity contribution is 7.93. The number of halogens is 4. The van der Waals surface area contributed by atoms with Gasteiger partial charge in [-0.1, -0.05) is 34.8 Å². The fraction of sp³-hybridized carbons (Fsp3) is 0.133. The second-order valence-corrected chi connectivity index (χ2v) is 8.02. The highest BCUT2D eigenvalue weighted by Crippen LogP contribution is 2.33. The molecule has 0 amide bonds. The summed E-state index contributed by atoms with van der Waals surface area (Å²) in [7, 11) is -4.43. The Morgan fingerprint density at radius 3 is 2.32 bits per heavy atom. The van der Waals surface area contributed by atoms with Gasteiger partial charge in [-0.15, -0.1) is 0 Å². The van der Waals surface area contributed by atoms with Crippen LogP contribution in [0.1, 0.15) is 6.92 Å². The molecule has 1 atom stereocenters. The Labute approximate surface area is 158 Å². The maximum absolute atomic E-state index is 13.4. The van der Waals surface area contributed by atoms with E-state index in [-0.39, 0.29) is 25.7 Å². The van der Waals surface area contributed by atoms with Gasteiger partial charge in [0.25, 0.3) is 10.0 Å². The van der Waals surface area contributed by atoms with E-state index < -0.39 is 27.9 Å². The molecule has 0 fully saturated rings. The number of anilines is 1. The molecule has 0 saturated carbocycles. The Balaban J connectivity index is 2.72. The molecule has 0 aliphatic heterocycles. The van der Waals surface area contributed by atoms with Crippen LogP contribution in [0.5, 0.6) is 0 Å². The molecule has 0 radical (unpaired) electrons. The standard InChI is InChI=1S/C15H11Cl3FNO4S/c1-8(15(21)22)20(10-3-5-13(19)12(18)7-10)25(23,24)14-6-9(16)2-4-11(14)17/h2-8H,1H3,(H,21,22). The van der Waals surface area contributed by atoms with Crippen LogP contribution in [0.15, 0.2) is 41.3 Å². The number of carboxylic acids is 1. The topological polar surface area (TPSA) is 74.7 Å². The lowest BCUT2D eigenvalue weighted by atomic mass is 10.2. The molecule has 0 aliphatic rings. The van der Waals surface area contributed by atoms with Crippen LogP contribution in [0.3, 0.4) is 0 Å². The van der Waals surface area contributed by atoms with Crippen molar-refractivity contribution < 1.29 is 22.7 Å². The van der Waals surface area contributed by atoms with Crippen molar-refractivity contribution in [2.45, 2.75) is 17.9 Å². The summed E-state index contributed by atoms with van der Waals surface area (Å²) in [5, 5.41) is 8.91. The lowest BCUT2D eigenvalue weighted by Gasteiger charge is -2.28. The largest absolute Gasteiger partial charge is 0.480 e. The normalized spacial score (nSPS) is 12.7. The molecule has 2 aromatic rings. The fourth-order valence-electron chi connectivity index (χ4n) is 2.07. The highest BCUT2D eigenvalue weighted by atomic mass is 35.5. The summed E-state index contributed by atoms with van der Waals surface area (Å²) >= 11 is 17.5. The van der Waals surface area contributed by atoms with E-state index in [1.165, 1.54) is 12.1 Å². The number of carbonyl (C=O) groups is 1. The van der Waals surface area contributed by atoms with E-state index in [0.29, 0.717) is 4.31 Å². The quantitative estimate of drug-likeness (QED) is 0.766. The molecule has 25 heavy (non-hydrogen) atoms. The van der Waals surface area contributed by atoms with E-state index in [1.807, 2.05) is 0 Å². The Morgan fingerprint density at radius 1 is 1.12 bits per heavy atom. The lowest BCUT2D eigenvalue weighted by molar-refractivity contribution is -0.137. The summed E-state index contributed by atoms with van der Waals surface area (Å²) in [6, 6.07) is 5.32. The molecule has 2 rings (SSSR count). The van der Waals surface area contributed by atoms with E-state index in [2.05, 4.69) is 0 Å². The van der Waals surface area contributed by atoms with Gasteiger partial charge in [0, 0.05) is 5.02 Å². The van der Waals surface area contributed by atoms with Crippen LogP contribution in [-0.4, -0.2) is 25.5 Å². The van der Waals surface area contributed by atoms with Crippen LogP contribution < -0.4 is 4.31 Å². The smallest absolute Gasteiger partial charge is 0.327 e. The van der Waals surface area contributed by atoms with Crippen LogP contribution in [0.2, 0.25) is 15.1 Å². The number of hydrogen-bond donors (Lipinski definition) is 1. The lowest BCUT2D eigenvalue weighted by Crippen LogP contribution is -2.43. The van der Waals surface area contributed by atoms with E-state index in [9.17, 15) is 22.7 Å². The first-order valence-electron chi connectivity index (χ1n) is 6.73. The molecule has 2 aromatic carbocycles. The minimum absolute atomic E-state index is 0.100. The molecule has 134 valence electrons. The van der Waals surface area contributed by atoms with Crippen molar-refractivity contribution in [3.8, 4) is 0 Å². The SMILES string of the molecule is CC(C(=O)O)N(c1ccc(F)c(Cl)c1)S(=O)(=O)c1cc(Cl)ccc1Cl. The van der Waals surface area contributed by atoms with Crippen molar-refractivity contribution in [1.29, 1.82) is 0 Å². The molecule has 0 heterocycles. The first-order chi connectivity index (χ1) is 11.6. The van der Waals surface area contributed by atoms with Crippen LogP contribution in [-0.2, 0) is 14.8 Å². The summed E-state index contributed by atoms with van der Waals surface area (Å²) < 4.78 is 40.1. The van der Waals surface area contributed by atoms with E-state index in [1.54, 1.807) is 0 Å². The molecule has 0 saturated heterocycles. The number of carboxylic acid groups (broad SMARTS) is 1. The van der Waals surface area contributed by atoms with E-state index in [0.717, 1.165) is 31.2 Å². The summed E-state index contributed by atoms with van der Waals surface area (Å²) in [5.74, 6) is -2.19. The first-order valence-corrected chi connectivity index (χ1v) is 9.30. The van der Waals surface area contributed by atoms with Gasteiger partial charge in [-0.3, -0.25) is 4.31 Å². The molecular weight excluding hydrogens is 416 g/mol. The predicted octanol–water partition coefficient (Wildman–Crippen LogP) is 4.45. The summed E-state index contributed by atoms with van der Waals surface area (Å²) in [6.07, 6.45) is 0. The Bertz CT molecular complexity index is 936. The molecule has 0 aliphatic carbocycles. The third kappa shape index (κ3) is 4.00. The van der Waals surface area contributed by atoms with Gasteiger partial charge in [-0.05, 0) is 43.3 Å². The molecule has 10 heteroatoms. The molecule has 0 aromatic heterocycles. The third-order valence-corrected chi connectivity index (χ3v) is 6.20. The van der Waals surface area contributed by atoms with Gasteiger partial charge in [0.05, 0.1) is 15.7 Å². The zero-order valence-electron chi connectivity index (χ0n) is 12.6. The van der Waals surface area contributed by atoms with Crippen LogP contribution in [0.4, 0.5) is 10.1 Å². The number of aliphatic carboxylic acids is 1. The van der Waals surface area contributed by atoms with Crippen LogP contribution in [0.25, 0.3) is 0 Å². The monoisotopic (exact) mass is 425 g/mol.